The van der Waals surface area contributed by atoms with Crippen LogP contribution in [0.5, 0.6) is 0 Å². The SMILES string of the molecule is O=c1cc(CSc2nc(Cc3ccccc3)cs2)[nH]n1-c1nc2ccccc2[nH]1. The molecule has 144 valence electrons. The van der Waals surface area contributed by atoms with Crippen molar-refractivity contribution in [3.8, 4) is 5.95 Å². The number of H-pyrrole nitrogens is 2. The first-order valence-electron chi connectivity index (χ1n) is 9.12. The summed E-state index contributed by atoms with van der Waals surface area (Å²) >= 11 is 3.25. The molecule has 0 unspecified atom stereocenters. The number of imidazole rings is 1. The lowest BCUT2D eigenvalue weighted by Crippen LogP contribution is -2.14. The van der Waals surface area contributed by atoms with Crippen LogP contribution in [0.3, 0.4) is 0 Å². The van der Waals surface area contributed by atoms with Crippen LogP contribution in [-0.4, -0.2) is 24.7 Å². The van der Waals surface area contributed by atoms with E-state index in [-0.39, 0.29) is 5.56 Å². The Morgan fingerprint density at radius 1 is 1.03 bits per heavy atom. The molecule has 5 aromatic rings. The van der Waals surface area contributed by atoms with E-state index in [1.165, 1.54) is 10.2 Å². The largest absolute Gasteiger partial charge is 0.322 e. The van der Waals surface area contributed by atoms with Crippen molar-refractivity contribution in [2.45, 2.75) is 16.5 Å². The Balaban J connectivity index is 1.28. The van der Waals surface area contributed by atoms with Crippen LogP contribution >= 0.6 is 23.1 Å². The van der Waals surface area contributed by atoms with Gasteiger partial charge in [-0.15, -0.1) is 11.3 Å². The van der Waals surface area contributed by atoms with Crippen molar-refractivity contribution in [1.82, 2.24) is 24.7 Å². The van der Waals surface area contributed by atoms with Gasteiger partial charge in [0.15, 0.2) is 4.34 Å². The minimum atomic E-state index is -0.136. The highest BCUT2D eigenvalue weighted by Crippen LogP contribution is 2.26. The highest BCUT2D eigenvalue weighted by molar-refractivity contribution is 8.00. The third-order valence-corrected chi connectivity index (χ3v) is 6.59. The van der Waals surface area contributed by atoms with Crippen LogP contribution in [0.15, 0.2) is 75.2 Å². The van der Waals surface area contributed by atoms with Crippen molar-refractivity contribution in [2.75, 3.05) is 0 Å². The first kappa shape index (κ1) is 18.0. The second-order valence-electron chi connectivity index (χ2n) is 6.59. The second kappa shape index (κ2) is 7.73. The number of nitrogens with one attached hydrogen (secondary N) is 2. The fourth-order valence-corrected chi connectivity index (χ4v) is 4.85. The number of fused-ring (bicyclic) bond motifs is 1. The van der Waals surface area contributed by atoms with E-state index in [2.05, 4.69) is 32.6 Å². The third-order valence-electron chi connectivity index (χ3n) is 4.47. The van der Waals surface area contributed by atoms with E-state index >= 15 is 0 Å². The fraction of sp³-hybridized carbons (Fsp3) is 0.0952. The number of rotatable bonds is 6. The predicted molar refractivity (Wildman–Crippen MR) is 117 cm³/mol. The van der Waals surface area contributed by atoms with Crippen molar-refractivity contribution in [1.29, 1.82) is 0 Å². The van der Waals surface area contributed by atoms with Gasteiger partial charge in [0, 0.05) is 29.3 Å². The number of thiazole rings is 1. The monoisotopic (exact) mass is 419 g/mol. The van der Waals surface area contributed by atoms with Crippen molar-refractivity contribution >= 4 is 34.1 Å². The third kappa shape index (κ3) is 3.90. The summed E-state index contributed by atoms with van der Waals surface area (Å²) in [4.78, 5) is 24.7. The summed E-state index contributed by atoms with van der Waals surface area (Å²) in [6.45, 7) is 0. The molecule has 8 heteroatoms. The zero-order chi connectivity index (χ0) is 19.6. The molecule has 2 N–H and O–H groups in total. The van der Waals surface area contributed by atoms with E-state index in [0.717, 1.165) is 33.2 Å². The Bertz CT molecular complexity index is 1280. The van der Waals surface area contributed by atoms with Gasteiger partial charge in [0.05, 0.1) is 16.7 Å². The van der Waals surface area contributed by atoms with Crippen molar-refractivity contribution in [3.05, 3.63) is 93.3 Å². The van der Waals surface area contributed by atoms with Crippen LogP contribution in [-0.2, 0) is 12.2 Å². The zero-order valence-electron chi connectivity index (χ0n) is 15.3. The molecule has 0 saturated heterocycles. The van der Waals surface area contributed by atoms with Gasteiger partial charge in [-0.2, -0.15) is 4.68 Å². The standard InChI is InChI=1S/C21H17N5OS2/c27-19-11-16(25-26(19)20-23-17-8-4-5-9-18(17)24-20)13-29-21-22-15(12-28-21)10-14-6-2-1-3-7-14/h1-9,11-12,25H,10,13H2,(H,23,24). The summed E-state index contributed by atoms with van der Waals surface area (Å²) in [6.07, 6.45) is 0.831. The van der Waals surface area contributed by atoms with E-state index < -0.39 is 0 Å². The van der Waals surface area contributed by atoms with Crippen LogP contribution in [0.2, 0.25) is 0 Å². The van der Waals surface area contributed by atoms with Crippen molar-refractivity contribution in [3.63, 3.8) is 0 Å². The molecule has 0 saturated carbocycles. The van der Waals surface area contributed by atoms with Gasteiger partial charge >= 0.3 is 0 Å². The first-order chi connectivity index (χ1) is 14.2. The van der Waals surface area contributed by atoms with Crippen LogP contribution in [0.4, 0.5) is 0 Å². The lowest BCUT2D eigenvalue weighted by atomic mass is 10.1. The lowest BCUT2D eigenvalue weighted by molar-refractivity contribution is 0.789. The van der Waals surface area contributed by atoms with Gasteiger partial charge < -0.3 is 4.98 Å². The Morgan fingerprint density at radius 3 is 2.72 bits per heavy atom. The number of nitrogens with zero attached hydrogens (tertiary/aromatic N) is 3. The summed E-state index contributed by atoms with van der Waals surface area (Å²) in [6, 6.07) is 19.6. The number of para-hydroxylation sites is 2. The second-order valence-corrected chi connectivity index (χ2v) is 8.67. The van der Waals surface area contributed by atoms with Gasteiger partial charge in [0.1, 0.15) is 0 Å². The Hall–Kier alpha value is -3.10. The molecule has 0 atom stereocenters. The zero-order valence-corrected chi connectivity index (χ0v) is 17.0. The minimum Gasteiger partial charge on any atom is -0.322 e. The summed E-state index contributed by atoms with van der Waals surface area (Å²) in [5.74, 6) is 1.13. The number of aromatic nitrogens is 5. The summed E-state index contributed by atoms with van der Waals surface area (Å²) in [5.41, 5.74) is 4.74. The van der Waals surface area contributed by atoms with Gasteiger partial charge in [-0.05, 0) is 17.7 Å². The van der Waals surface area contributed by atoms with Crippen LogP contribution < -0.4 is 5.56 Å². The minimum absolute atomic E-state index is 0.136. The van der Waals surface area contributed by atoms with Gasteiger partial charge in [-0.3, -0.25) is 9.89 Å². The van der Waals surface area contributed by atoms with Crippen LogP contribution in [0, 0.1) is 0 Å². The van der Waals surface area contributed by atoms with E-state index in [1.54, 1.807) is 29.2 Å². The maximum absolute atomic E-state index is 12.4. The number of hydrogen-bond donors (Lipinski definition) is 2. The molecule has 5 rings (SSSR count). The quantitative estimate of drug-likeness (QED) is 0.400. The Morgan fingerprint density at radius 2 is 1.86 bits per heavy atom. The van der Waals surface area contributed by atoms with Crippen molar-refractivity contribution < 1.29 is 0 Å². The molecule has 0 aliphatic carbocycles. The van der Waals surface area contributed by atoms with Gasteiger partial charge in [0.2, 0.25) is 5.95 Å². The molecule has 29 heavy (non-hydrogen) atoms. The molecule has 0 bridgehead atoms. The molecule has 3 heterocycles. The number of hydrogen-bond acceptors (Lipinski definition) is 5. The molecule has 0 amide bonds. The van der Waals surface area contributed by atoms with E-state index in [4.69, 9.17) is 4.98 Å². The first-order valence-corrected chi connectivity index (χ1v) is 11.0. The topological polar surface area (TPSA) is 79.4 Å². The average Bonchev–Trinajstić information content (AvgIpc) is 3.45. The Labute approximate surface area is 174 Å². The molecule has 0 spiro atoms. The maximum atomic E-state index is 12.4. The summed E-state index contributed by atoms with van der Waals surface area (Å²) in [7, 11) is 0. The van der Waals surface area contributed by atoms with Crippen LogP contribution in [0.1, 0.15) is 17.0 Å². The molecule has 6 nitrogen and oxygen atoms in total. The molecule has 0 aliphatic heterocycles. The van der Waals surface area contributed by atoms with Crippen molar-refractivity contribution in [2.24, 2.45) is 0 Å². The molecule has 3 aromatic heterocycles. The maximum Gasteiger partial charge on any atom is 0.274 e. The highest BCUT2D eigenvalue weighted by atomic mass is 32.2. The number of thioether (sulfide) groups is 1. The molecule has 0 radical (unpaired) electrons. The summed E-state index contributed by atoms with van der Waals surface area (Å²) in [5, 5.41) is 5.24. The molecule has 2 aromatic carbocycles. The normalized spacial score (nSPS) is 11.3. The van der Waals surface area contributed by atoms with Gasteiger partial charge in [0.25, 0.3) is 5.56 Å². The highest BCUT2D eigenvalue weighted by Gasteiger charge is 2.11. The number of benzene rings is 2. The fourth-order valence-electron chi connectivity index (χ4n) is 3.10. The predicted octanol–water partition coefficient (Wildman–Crippen LogP) is 4.38. The average molecular weight is 420 g/mol. The molecular weight excluding hydrogens is 402 g/mol. The smallest absolute Gasteiger partial charge is 0.274 e. The molecule has 0 fully saturated rings. The van der Waals surface area contributed by atoms with Gasteiger partial charge in [-0.1, -0.05) is 54.2 Å². The van der Waals surface area contributed by atoms with E-state index in [0.29, 0.717) is 11.7 Å². The lowest BCUT2D eigenvalue weighted by Gasteiger charge is -1.98. The van der Waals surface area contributed by atoms with E-state index in [9.17, 15) is 4.79 Å². The summed E-state index contributed by atoms with van der Waals surface area (Å²) < 4.78 is 2.44. The Kier molecular flexibility index (Phi) is 4.79. The van der Waals surface area contributed by atoms with Crippen LogP contribution in [0.25, 0.3) is 17.0 Å². The molecular formula is C21H17N5OS2. The van der Waals surface area contributed by atoms with E-state index in [1.807, 2.05) is 42.5 Å². The molecule has 0 aliphatic rings. The van der Waals surface area contributed by atoms with Gasteiger partial charge in [-0.25, -0.2) is 9.97 Å². The number of aromatic amines is 2.